The number of nitrogens with zero attached hydrogens (tertiary/aromatic N) is 4. The van der Waals surface area contributed by atoms with Crippen molar-refractivity contribution in [2.45, 2.75) is 0 Å². The van der Waals surface area contributed by atoms with Gasteiger partial charge in [-0.15, -0.1) is 0 Å². The molecule has 0 atom stereocenters. The molecule has 0 radical (unpaired) electrons. The summed E-state index contributed by atoms with van der Waals surface area (Å²) in [5, 5.41) is 6.30. The number of fused-ring (bicyclic) bond motifs is 10. The summed E-state index contributed by atoms with van der Waals surface area (Å²) in [6.45, 7) is 0. The van der Waals surface area contributed by atoms with E-state index in [1.807, 2.05) is 60.7 Å². The second-order valence-corrected chi connectivity index (χ2v) is 14.4. The molecule has 0 N–H and O–H groups in total. The topological polar surface area (TPSA) is 69.9 Å². The maximum absolute atomic E-state index is 6.78. The van der Waals surface area contributed by atoms with Crippen LogP contribution in [-0.2, 0) is 0 Å². The van der Waals surface area contributed by atoms with Gasteiger partial charge in [-0.3, -0.25) is 4.57 Å². The van der Waals surface area contributed by atoms with Crippen LogP contribution in [-0.4, -0.2) is 19.5 Å². The van der Waals surface area contributed by atoms with Crippen LogP contribution in [0.2, 0.25) is 0 Å². The zero-order valence-electron chi connectivity index (χ0n) is 30.4. The predicted octanol–water partition coefficient (Wildman–Crippen LogP) is 13.4. The van der Waals surface area contributed by atoms with Crippen molar-refractivity contribution >= 4 is 65.7 Å². The fourth-order valence-electron chi connectivity index (χ4n) is 8.41. The van der Waals surface area contributed by atoms with Crippen LogP contribution in [0, 0.1) is 0 Å². The molecule has 0 aliphatic carbocycles. The first-order valence-electron chi connectivity index (χ1n) is 19.0. The van der Waals surface area contributed by atoms with E-state index in [0.717, 1.165) is 99.1 Å². The number of hydrogen-bond acceptors (Lipinski definition) is 5. The summed E-state index contributed by atoms with van der Waals surface area (Å²) in [7, 11) is 0. The Balaban J connectivity index is 1.19. The summed E-state index contributed by atoms with van der Waals surface area (Å²) in [5.41, 5.74) is 11.4. The van der Waals surface area contributed by atoms with Crippen LogP contribution >= 0.6 is 0 Å². The van der Waals surface area contributed by atoms with E-state index in [1.165, 1.54) is 0 Å². The van der Waals surface area contributed by atoms with Crippen LogP contribution in [0.4, 0.5) is 0 Å². The molecule has 4 heterocycles. The number of rotatable bonds is 5. The molecule has 12 rings (SSSR count). The van der Waals surface area contributed by atoms with Gasteiger partial charge in [0.2, 0.25) is 5.95 Å². The summed E-state index contributed by atoms with van der Waals surface area (Å²) in [5.74, 6) is 1.69. The number of benzene rings is 8. The van der Waals surface area contributed by atoms with Crippen molar-refractivity contribution in [1.82, 2.24) is 19.5 Å². The normalized spacial score (nSPS) is 11.9. The second kappa shape index (κ2) is 12.3. The Morgan fingerprint density at radius 1 is 0.368 bits per heavy atom. The Bertz CT molecular complexity index is 3510. The van der Waals surface area contributed by atoms with Crippen molar-refractivity contribution in [2.75, 3.05) is 0 Å². The van der Waals surface area contributed by atoms with E-state index >= 15 is 0 Å². The van der Waals surface area contributed by atoms with E-state index in [0.29, 0.717) is 17.6 Å². The minimum absolute atomic E-state index is 0.517. The SMILES string of the molecule is c1ccc(-c2ccc(-c3nc(-c4ccccc4)nc(-n4c5ccccc5c5c6oc7ccccc7c6cc(-c6ccc7oc8ccccc8c7c6)c54)n3)cc2)cc1. The van der Waals surface area contributed by atoms with Crippen molar-refractivity contribution in [3.8, 4) is 51.0 Å². The molecule has 4 aromatic heterocycles. The second-order valence-electron chi connectivity index (χ2n) is 14.4. The van der Waals surface area contributed by atoms with Gasteiger partial charge in [-0.2, -0.15) is 9.97 Å². The Hall–Kier alpha value is -7.83. The molecule has 8 aromatic carbocycles. The van der Waals surface area contributed by atoms with Crippen molar-refractivity contribution in [2.24, 2.45) is 0 Å². The smallest absolute Gasteiger partial charge is 0.238 e. The summed E-state index contributed by atoms with van der Waals surface area (Å²) in [6.07, 6.45) is 0. The van der Waals surface area contributed by atoms with Crippen molar-refractivity contribution in [3.63, 3.8) is 0 Å². The molecule has 0 saturated heterocycles. The first-order valence-corrected chi connectivity index (χ1v) is 19.0. The molecule has 0 bridgehead atoms. The standard InChI is InChI=1S/C51H30N4O2/c1-3-13-31(14-4-1)32-23-25-34(26-24-32)50-52-49(33-15-5-2-6-16-33)53-51(54-50)55-42-20-10-7-19-38(42)46-47(55)39(30-41-37-18-9-12-22-44(37)57-48(41)46)35-27-28-45-40(29-35)36-17-8-11-21-43(36)56-45/h1-30H. The highest BCUT2D eigenvalue weighted by Gasteiger charge is 2.25. The molecule has 0 amide bonds. The van der Waals surface area contributed by atoms with Crippen LogP contribution < -0.4 is 0 Å². The highest BCUT2D eigenvalue weighted by Crippen LogP contribution is 2.46. The largest absolute Gasteiger partial charge is 0.456 e. The third kappa shape index (κ3) is 4.94. The van der Waals surface area contributed by atoms with Gasteiger partial charge in [0, 0.05) is 43.6 Å². The summed E-state index contributed by atoms with van der Waals surface area (Å²) in [4.78, 5) is 15.7. The highest BCUT2D eigenvalue weighted by molar-refractivity contribution is 6.27. The minimum Gasteiger partial charge on any atom is -0.456 e. The Labute approximate surface area is 325 Å². The zero-order chi connectivity index (χ0) is 37.5. The maximum atomic E-state index is 6.78. The zero-order valence-corrected chi connectivity index (χ0v) is 30.4. The summed E-state index contributed by atoms with van der Waals surface area (Å²) >= 11 is 0. The molecule has 266 valence electrons. The lowest BCUT2D eigenvalue weighted by atomic mass is 9.97. The third-order valence-corrected chi connectivity index (χ3v) is 11.1. The fraction of sp³-hybridized carbons (Fsp3) is 0. The quantitative estimate of drug-likeness (QED) is 0.176. The van der Waals surface area contributed by atoms with Gasteiger partial charge in [0.05, 0.1) is 16.4 Å². The number of furan rings is 2. The van der Waals surface area contributed by atoms with Gasteiger partial charge in [0.25, 0.3) is 0 Å². The summed E-state index contributed by atoms with van der Waals surface area (Å²) < 4.78 is 15.3. The number of hydrogen-bond donors (Lipinski definition) is 0. The van der Waals surface area contributed by atoms with Gasteiger partial charge in [0.15, 0.2) is 11.6 Å². The molecule has 6 heteroatoms. The van der Waals surface area contributed by atoms with Gasteiger partial charge in [-0.05, 0) is 53.1 Å². The lowest BCUT2D eigenvalue weighted by Gasteiger charge is -2.13. The lowest BCUT2D eigenvalue weighted by molar-refractivity contribution is 0.669. The molecule has 6 nitrogen and oxygen atoms in total. The molecule has 0 spiro atoms. The van der Waals surface area contributed by atoms with Gasteiger partial charge in [0.1, 0.15) is 22.3 Å². The predicted molar refractivity (Wildman–Crippen MR) is 230 cm³/mol. The Morgan fingerprint density at radius 3 is 1.63 bits per heavy atom. The average Bonchev–Trinajstić information content (AvgIpc) is 3.96. The van der Waals surface area contributed by atoms with Crippen molar-refractivity contribution in [1.29, 1.82) is 0 Å². The first kappa shape index (κ1) is 31.5. The molecule has 0 aliphatic rings. The van der Waals surface area contributed by atoms with E-state index in [-0.39, 0.29) is 0 Å². The van der Waals surface area contributed by atoms with Crippen molar-refractivity contribution in [3.05, 3.63) is 182 Å². The van der Waals surface area contributed by atoms with Crippen LogP contribution in [0.25, 0.3) is 117 Å². The maximum Gasteiger partial charge on any atom is 0.238 e. The molecular formula is C51H30N4O2. The monoisotopic (exact) mass is 730 g/mol. The molecule has 57 heavy (non-hydrogen) atoms. The van der Waals surface area contributed by atoms with E-state index in [2.05, 4.69) is 126 Å². The number of para-hydroxylation sites is 3. The molecule has 12 aromatic rings. The van der Waals surface area contributed by atoms with Crippen LogP contribution in [0.1, 0.15) is 0 Å². The van der Waals surface area contributed by atoms with E-state index in [4.69, 9.17) is 23.8 Å². The van der Waals surface area contributed by atoms with Gasteiger partial charge in [-0.1, -0.05) is 146 Å². The van der Waals surface area contributed by atoms with E-state index < -0.39 is 0 Å². The first-order chi connectivity index (χ1) is 28.2. The average molecular weight is 731 g/mol. The fourth-order valence-corrected chi connectivity index (χ4v) is 8.41. The molecule has 0 saturated carbocycles. The highest BCUT2D eigenvalue weighted by atomic mass is 16.3. The van der Waals surface area contributed by atoms with Gasteiger partial charge >= 0.3 is 0 Å². The van der Waals surface area contributed by atoms with Crippen LogP contribution in [0.5, 0.6) is 0 Å². The van der Waals surface area contributed by atoms with Gasteiger partial charge < -0.3 is 8.83 Å². The summed E-state index contributed by atoms with van der Waals surface area (Å²) in [6, 6.07) is 62.6. The Morgan fingerprint density at radius 2 is 0.895 bits per heavy atom. The lowest BCUT2D eigenvalue weighted by Crippen LogP contribution is -2.07. The molecule has 0 fully saturated rings. The third-order valence-electron chi connectivity index (χ3n) is 11.1. The molecular weight excluding hydrogens is 701 g/mol. The van der Waals surface area contributed by atoms with E-state index in [1.54, 1.807) is 0 Å². The van der Waals surface area contributed by atoms with Gasteiger partial charge in [-0.25, -0.2) is 4.98 Å². The minimum atomic E-state index is 0.517. The van der Waals surface area contributed by atoms with Crippen molar-refractivity contribution < 1.29 is 8.83 Å². The molecule has 0 unspecified atom stereocenters. The molecule has 0 aliphatic heterocycles. The number of aromatic nitrogens is 4. The Kier molecular flexibility index (Phi) is 6.83. The van der Waals surface area contributed by atoms with Crippen LogP contribution in [0.15, 0.2) is 191 Å². The van der Waals surface area contributed by atoms with Crippen LogP contribution in [0.3, 0.4) is 0 Å². The van der Waals surface area contributed by atoms with E-state index in [9.17, 15) is 0 Å².